The molecule has 0 aromatic rings. The lowest BCUT2D eigenvalue weighted by atomic mass is 10.0. The molecule has 4 heteroatoms. The molecule has 0 aliphatic heterocycles. The van der Waals surface area contributed by atoms with Crippen LogP contribution in [0, 0.1) is 0 Å². The molecule has 4 nitrogen and oxygen atoms in total. The topological polar surface area (TPSA) is 58.4 Å². The molecule has 0 aliphatic carbocycles. The molecule has 0 rings (SSSR count). The Hall–Kier alpha value is -0.610. The molecule has 0 saturated carbocycles. The van der Waals surface area contributed by atoms with Crippen LogP contribution in [0.15, 0.2) is 0 Å². The van der Waals surface area contributed by atoms with Crippen molar-refractivity contribution in [3.63, 3.8) is 0 Å². The summed E-state index contributed by atoms with van der Waals surface area (Å²) in [5, 5.41) is 2.91. The molecule has 15 heavy (non-hydrogen) atoms. The predicted molar refractivity (Wildman–Crippen MR) is 63.7 cm³/mol. The molecule has 0 unspecified atom stereocenters. The average Bonchev–Trinajstić information content (AvgIpc) is 2.17. The molecule has 0 heterocycles. The highest BCUT2D eigenvalue weighted by Crippen LogP contribution is 2.12. The number of hydrogen-bond donors (Lipinski definition) is 2. The zero-order valence-electron chi connectivity index (χ0n) is 10.5. The minimum absolute atomic E-state index is 0.00770. The molecule has 0 fully saturated rings. The van der Waals surface area contributed by atoms with E-state index in [1.54, 1.807) is 0 Å². The number of carbonyl (C=O) groups excluding carboxylic acids is 1. The molecule has 0 aliphatic rings. The highest BCUT2D eigenvalue weighted by Gasteiger charge is 2.24. The van der Waals surface area contributed by atoms with E-state index in [9.17, 15) is 4.79 Å². The van der Waals surface area contributed by atoms with E-state index in [1.165, 1.54) is 0 Å². The largest absolute Gasteiger partial charge is 0.354 e. The normalized spacial score (nSPS) is 11.9. The van der Waals surface area contributed by atoms with Crippen molar-refractivity contribution in [1.82, 2.24) is 10.2 Å². The van der Waals surface area contributed by atoms with Crippen molar-refractivity contribution in [3.8, 4) is 0 Å². The maximum absolute atomic E-state index is 11.3. The van der Waals surface area contributed by atoms with Crippen molar-refractivity contribution in [2.24, 2.45) is 5.73 Å². The van der Waals surface area contributed by atoms with Crippen molar-refractivity contribution in [3.05, 3.63) is 0 Å². The van der Waals surface area contributed by atoms with Gasteiger partial charge in [-0.05, 0) is 26.9 Å². The summed E-state index contributed by atoms with van der Waals surface area (Å²) in [6.07, 6.45) is 0.411. The molecule has 0 spiro atoms. The lowest BCUT2D eigenvalue weighted by Gasteiger charge is -2.37. The zero-order chi connectivity index (χ0) is 11.9. The van der Waals surface area contributed by atoms with E-state index in [0.717, 1.165) is 13.1 Å². The molecule has 0 bridgehead atoms. The van der Waals surface area contributed by atoms with Crippen molar-refractivity contribution < 1.29 is 4.79 Å². The van der Waals surface area contributed by atoms with Gasteiger partial charge in [-0.25, -0.2) is 0 Å². The average molecular weight is 215 g/mol. The number of likely N-dealkylation sites (N-methyl/N-ethyl adjacent to an activating group) is 1. The molecule has 1 amide bonds. The van der Waals surface area contributed by atoms with E-state index in [1.807, 2.05) is 0 Å². The molecular weight excluding hydrogens is 190 g/mol. The summed E-state index contributed by atoms with van der Waals surface area (Å²) in [6.45, 7) is 11.6. The van der Waals surface area contributed by atoms with E-state index in [4.69, 9.17) is 5.73 Å². The highest BCUT2D eigenvalue weighted by molar-refractivity contribution is 5.76. The minimum atomic E-state index is 0.00770. The number of hydrogen-bond acceptors (Lipinski definition) is 3. The number of nitrogens with zero attached hydrogens (tertiary/aromatic N) is 1. The predicted octanol–water partition coefficient (Wildman–Crippen LogP) is 0.572. The summed E-state index contributed by atoms with van der Waals surface area (Å²) in [4.78, 5) is 13.6. The number of amides is 1. The van der Waals surface area contributed by atoms with Crippen LogP contribution in [0.25, 0.3) is 0 Å². The summed E-state index contributed by atoms with van der Waals surface area (Å²) in [5.41, 5.74) is 5.32. The Morgan fingerprint density at radius 3 is 2.27 bits per heavy atom. The van der Waals surface area contributed by atoms with Gasteiger partial charge in [-0.1, -0.05) is 13.8 Å². The van der Waals surface area contributed by atoms with Crippen LogP contribution in [0.4, 0.5) is 0 Å². The van der Waals surface area contributed by atoms with Gasteiger partial charge in [-0.15, -0.1) is 0 Å². The lowest BCUT2D eigenvalue weighted by Crippen LogP contribution is -2.51. The molecule has 0 atom stereocenters. The maximum Gasteiger partial charge on any atom is 0.221 e. The maximum atomic E-state index is 11.3. The second-order valence-electron chi connectivity index (χ2n) is 4.30. The number of rotatable bonds is 7. The Morgan fingerprint density at radius 1 is 1.33 bits per heavy atom. The summed E-state index contributed by atoms with van der Waals surface area (Å²) in [6, 6.07) is 0. The fraction of sp³-hybridized carbons (Fsp3) is 0.909. The third kappa shape index (κ3) is 5.14. The van der Waals surface area contributed by atoms with E-state index in [-0.39, 0.29) is 11.4 Å². The molecule has 3 N–H and O–H groups in total. The fourth-order valence-corrected chi connectivity index (χ4v) is 1.73. The molecule has 0 aromatic carbocycles. The van der Waals surface area contributed by atoms with Crippen LogP contribution < -0.4 is 11.1 Å². The van der Waals surface area contributed by atoms with Gasteiger partial charge in [0.25, 0.3) is 0 Å². The van der Waals surface area contributed by atoms with Gasteiger partial charge >= 0.3 is 0 Å². The Labute approximate surface area is 93.2 Å². The van der Waals surface area contributed by atoms with Crippen LogP contribution in [0.5, 0.6) is 0 Å². The number of nitrogens with one attached hydrogen (secondary N) is 1. The molecule has 0 saturated heterocycles. The van der Waals surface area contributed by atoms with E-state index in [0.29, 0.717) is 19.5 Å². The third-order valence-electron chi connectivity index (χ3n) is 2.71. The van der Waals surface area contributed by atoms with Crippen LogP contribution in [-0.2, 0) is 4.79 Å². The van der Waals surface area contributed by atoms with Crippen molar-refractivity contribution in [1.29, 1.82) is 0 Å². The highest BCUT2D eigenvalue weighted by atomic mass is 16.1. The van der Waals surface area contributed by atoms with Gasteiger partial charge < -0.3 is 11.1 Å². The number of nitrogens with two attached hydrogens (primary N) is 1. The van der Waals surface area contributed by atoms with Gasteiger partial charge in [-0.2, -0.15) is 0 Å². The van der Waals surface area contributed by atoms with Gasteiger partial charge in [0.2, 0.25) is 5.91 Å². The van der Waals surface area contributed by atoms with Gasteiger partial charge in [-0.3, -0.25) is 9.69 Å². The minimum Gasteiger partial charge on any atom is -0.354 e. The van der Waals surface area contributed by atoms with Crippen LogP contribution in [0.2, 0.25) is 0 Å². The second kappa shape index (κ2) is 6.80. The number of carbonyl (C=O) groups is 1. The molecule has 90 valence electrons. The standard InChI is InChI=1S/C11H25N3O/c1-5-14(6-2)11(3,4)9-13-10(15)7-8-12/h5-9,12H2,1-4H3,(H,13,15). The van der Waals surface area contributed by atoms with Crippen LogP contribution in [0.3, 0.4) is 0 Å². The lowest BCUT2D eigenvalue weighted by molar-refractivity contribution is -0.121. The first-order chi connectivity index (χ1) is 6.97. The first-order valence-electron chi connectivity index (χ1n) is 5.69. The Bertz CT molecular complexity index is 188. The van der Waals surface area contributed by atoms with Gasteiger partial charge in [0, 0.05) is 25.0 Å². The first kappa shape index (κ1) is 14.4. The molecular formula is C11H25N3O. The molecule has 0 aromatic heterocycles. The summed E-state index contributed by atoms with van der Waals surface area (Å²) in [7, 11) is 0. The van der Waals surface area contributed by atoms with Crippen molar-refractivity contribution in [2.75, 3.05) is 26.2 Å². The zero-order valence-corrected chi connectivity index (χ0v) is 10.5. The fourth-order valence-electron chi connectivity index (χ4n) is 1.73. The quantitative estimate of drug-likeness (QED) is 0.653. The monoisotopic (exact) mass is 215 g/mol. The Morgan fingerprint density at radius 2 is 1.87 bits per heavy atom. The van der Waals surface area contributed by atoms with E-state index < -0.39 is 0 Å². The van der Waals surface area contributed by atoms with E-state index in [2.05, 4.69) is 37.9 Å². The van der Waals surface area contributed by atoms with Crippen LogP contribution in [-0.4, -0.2) is 42.5 Å². The Kier molecular flexibility index (Phi) is 6.52. The second-order valence-corrected chi connectivity index (χ2v) is 4.30. The SMILES string of the molecule is CCN(CC)C(C)(C)CNC(=O)CCN. The van der Waals surface area contributed by atoms with Gasteiger partial charge in [0.1, 0.15) is 0 Å². The van der Waals surface area contributed by atoms with Gasteiger partial charge in [0.15, 0.2) is 0 Å². The first-order valence-corrected chi connectivity index (χ1v) is 5.69. The summed E-state index contributed by atoms with van der Waals surface area (Å²) >= 11 is 0. The summed E-state index contributed by atoms with van der Waals surface area (Å²) in [5.74, 6) is 0.0396. The third-order valence-corrected chi connectivity index (χ3v) is 2.71. The van der Waals surface area contributed by atoms with Gasteiger partial charge in [0.05, 0.1) is 0 Å². The van der Waals surface area contributed by atoms with Crippen LogP contribution >= 0.6 is 0 Å². The van der Waals surface area contributed by atoms with Crippen molar-refractivity contribution >= 4 is 5.91 Å². The summed E-state index contributed by atoms with van der Waals surface area (Å²) < 4.78 is 0. The van der Waals surface area contributed by atoms with Crippen LogP contribution in [0.1, 0.15) is 34.1 Å². The van der Waals surface area contributed by atoms with Crippen molar-refractivity contribution in [2.45, 2.75) is 39.7 Å². The van der Waals surface area contributed by atoms with E-state index >= 15 is 0 Å². The smallest absolute Gasteiger partial charge is 0.221 e. The molecule has 0 radical (unpaired) electrons. The Balaban J connectivity index is 4.07.